The number of rotatable bonds is 9. The van der Waals surface area contributed by atoms with Crippen molar-refractivity contribution in [2.24, 2.45) is 29.1 Å². The van der Waals surface area contributed by atoms with Crippen LogP contribution in [-0.2, 0) is 13.6 Å². The summed E-state index contributed by atoms with van der Waals surface area (Å²) in [5.74, 6) is 1.97. The van der Waals surface area contributed by atoms with Gasteiger partial charge in [0, 0.05) is 12.3 Å². The van der Waals surface area contributed by atoms with Gasteiger partial charge in [0.1, 0.15) is 0 Å². The van der Waals surface area contributed by atoms with E-state index in [0.29, 0.717) is 23.2 Å². The van der Waals surface area contributed by atoms with E-state index in [-0.39, 0.29) is 34.0 Å². The second kappa shape index (κ2) is 13.6. The van der Waals surface area contributed by atoms with E-state index in [9.17, 15) is 4.79 Å². The van der Waals surface area contributed by atoms with Crippen LogP contribution >= 0.6 is 0 Å². The van der Waals surface area contributed by atoms with E-state index in [4.69, 9.17) is 8.85 Å². The zero-order valence-electron chi connectivity index (χ0n) is 31.2. The molecule has 6 atom stereocenters. The lowest BCUT2D eigenvalue weighted by molar-refractivity contribution is -0.117. The van der Waals surface area contributed by atoms with Gasteiger partial charge in [0.2, 0.25) is 0 Å². The summed E-state index contributed by atoms with van der Waals surface area (Å²) in [6, 6.07) is 0. The van der Waals surface area contributed by atoms with Gasteiger partial charge in [0.25, 0.3) is 0 Å². The zero-order chi connectivity index (χ0) is 33.5. The van der Waals surface area contributed by atoms with E-state index in [1.807, 2.05) is 19.9 Å². The molecule has 3 saturated carbocycles. The van der Waals surface area contributed by atoms with Gasteiger partial charge in [0.15, 0.2) is 22.4 Å². The largest absolute Gasteiger partial charge is 0.413 e. The Bertz CT molecular complexity index is 1140. The molecule has 0 saturated heterocycles. The van der Waals surface area contributed by atoms with Gasteiger partial charge in [-0.1, -0.05) is 99.6 Å². The molecule has 0 aromatic carbocycles. The minimum atomic E-state index is -1.98. The van der Waals surface area contributed by atoms with Crippen molar-refractivity contribution in [3.63, 3.8) is 0 Å². The predicted molar refractivity (Wildman–Crippen MR) is 195 cm³/mol. The Morgan fingerprint density at radius 2 is 1.55 bits per heavy atom. The first-order valence-corrected chi connectivity index (χ1v) is 23.5. The van der Waals surface area contributed by atoms with Gasteiger partial charge in [-0.05, 0) is 115 Å². The maximum Gasteiger partial charge on any atom is 0.192 e. The highest BCUT2D eigenvalue weighted by Crippen LogP contribution is 2.59. The van der Waals surface area contributed by atoms with E-state index < -0.39 is 16.6 Å². The number of carbonyl (C=O) groups is 1. The molecule has 3 aliphatic rings. The van der Waals surface area contributed by atoms with Gasteiger partial charge in [-0.3, -0.25) is 4.79 Å². The Hall–Kier alpha value is -1.02. The highest BCUT2D eigenvalue weighted by molar-refractivity contribution is 6.74. The normalized spacial score (nSPS) is 31.8. The van der Waals surface area contributed by atoms with Crippen LogP contribution in [0.3, 0.4) is 0 Å². The molecule has 3 nitrogen and oxygen atoms in total. The van der Waals surface area contributed by atoms with Crippen LogP contribution in [-0.4, -0.2) is 34.6 Å². The molecule has 44 heavy (non-hydrogen) atoms. The number of fused-ring (bicyclic) bond motifs is 1. The second-order valence-electron chi connectivity index (χ2n) is 18.1. The van der Waals surface area contributed by atoms with Gasteiger partial charge >= 0.3 is 0 Å². The summed E-state index contributed by atoms with van der Waals surface area (Å²) in [7, 11) is -3.92. The Morgan fingerprint density at radius 1 is 0.955 bits per heavy atom. The third kappa shape index (κ3) is 8.27. The fraction of sp³-hybridized carbons (Fsp3) is 0.769. The molecular formula is C39H68O3Si2. The monoisotopic (exact) mass is 640 g/mol. The third-order valence-corrected chi connectivity index (χ3v) is 21.6. The standard InChI is InChI=1S/C39H68O3Si2/c1-27(2)35(40)23-18-28(3)33-21-22-34-30(17-16-24-39(33,34)11)19-20-31-25-32(41-43(12,13)37(5,6)7)26-36(29(31)4)42-44(14,15)38(8,9)10/h18-20,23,27-28,32-34,36H,4,16-17,21-22,24-26H2,1-3,5-15H3/b23-18-,30-19+,31-20-/t28-,32-,33-,34+,36+,39-/m1/s1. The number of ketones is 1. The summed E-state index contributed by atoms with van der Waals surface area (Å²) in [6.45, 7) is 36.9. The van der Waals surface area contributed by atoms with Crippen molar-refractivity contribution >= 4 is 22.4 Å². The minimum absolute atomic E-state index is 0.0118. The summed E-state index contributed by atoms with van der Waals surface area (Å²) in [5, 5.41) is 0.315. The molecule has 0 radical (unpaired) electrons. The molecule has 0 unspecified atom stereocenters. The summed E-state index contributed by atoms with van der Waals surface area (Å²) >= 11 is 0. The van der Waals surface area contributed by atoms with Crippen LogP contribution in [0.4, 0.5) is 0 Å². The lowest BCUT2D eigenvalue weighted by Gasteiger charge is -2.45. The van der Waals surface area contributed by atoms with Crippen molar-refractivity contribution in [2.45, 2.75) is 163 Å². The van der Waals surface area contributed by atoms with Crippen molar-refractivity contribution in [3.8, 4) is 0 Å². The average molecular weight is 641 g/mol. The molecule has 250 valence electrons. The Kier molecular flexibility index (Phi) is 11.6. The quantitative estimate of drug-likeness (QED) is 0.186. The van der Waals surface area contributed by atoms with Crippen LogP contribution in [0.1, 0.15) is 114 Å². The first-order valence-electron chi connectivity index (χ1n) is 17.7. The van der Waals surface area contributed by atoms with Gasteiger partial charge < -0.3 is 8.85 Å². The third-order valence-electron chi connectivity index (χ3n) is 12.5. The topological polar surface area (TPSA) is 35.5 Å². The zero-order valence-corrected chi connectivity index (χ0v) is 33.2. The Balaban J connectivity index is 1.90. The molecule has 3 aliphatic carbocycles. The molecule has 0 aromatic heterocycles. The van der Waals surface area contributed by atoms with Crippen LogP contribution in [0, 0.1) is 29.1 Å². The number of hydrogen-bond acceptors (Lipinski definition) is 3. The highest BCUT2D eigenvalue weighted by atomic mass is 28.4. The molecule has 0 amide bonds. The average Bonchev–Trinajstić information content (AvgIpc) is 3.23. The van der Waals surface area contributed by atoms with Crippen molar-refractivity contribution in [2.75, 3.05) is 0 Å². The van der Waals surface area contributed by atoms with Gasteiger partial charge in [-0.25, -0.2) is 0 Å². The van der Waals surface area contributed by atoms with Crippen LogP contribution in [0.2, 0.25) is 36.3 Å². The van der Waals surface area contributed by atoms with Crippen LogP contribution in [0.5, 0.6) is 0 Å². The van der Waals surface area contributed by atoms with E-state index >= 15 is 0 Å². The summed E-state index contributed by atoms with van der Waals surface area (Å²) in [6.07, 6.45) is 17.2. The summed E-state index contributed by atoms with van der Waals surface area (Å²) in [5.41, 5.74) is 4.39. The highest BCUT2D eigenvalue weighted by Gasteiger charge is 2.50. The van der Waals surface area contributed by atoms with Gasteiger partial charge in [-0.15, -0.1) is 0 Å². The van der Waals surface area contributed by atoms with Crippen LogP contribution in [0.25, 0.3) is 0 Å². The fourth-order valence-corrected chi connectivity index (χ4v) is 10.2. The number of hydrogen-bond donors (Lipinski definition) is 0. The van der Waals surface area contributed by atoms with Crippen molar-refractivity contribution < 1.29 is 13.6 Å². The van der Waals surface area contributed by atoms with E-state index in [1.54, 1.807) is 5.57 Å². The van der Waals surface area contributed by atoms with E-state index in [1.165, 1.54) is 43.3 Å². The Morgan fingerprint density at radius 3 is 2.11 bits per heavy atom. The molecule has 5 heteroatoms. The first-order chi connectivity index (χ1) is 20.0. The molecule has 0 spiro atoms. The molecule has 3 rings (SSSR count). The minimum Gasteiger partial charge on any atom is -0.413 e. The van der Waals surface area contributed by atoms with Gasteiger partial charge in [0.05, 0.1) is 12.2 Å². The lowest BCUT2D eigenvalue weighted by Crippen LogP contribution is -2.49. The Labute approximate surface area is 274 Å². The summed E-state index contributed by atoms with van der Waals surface area (Å²) < 4.78 is 14.1. The molecule has 0 bridgehead atoms. The predicted octanol–water partition coefficient (Wildman–Crippen LogP) is 11.6. The smallest absolute Gasteiger partial charge is 0.192 e. The number of carbonyl (C=O) groups excluding carboxylic acids is 1. The van der Waals surface area contributed by atoms with Crippen molar-refractivity contribution in [1.29, 1.82) is 0 Å². The second-order valence-corrected chi connectivity index (χ2v) is 27.6. The van der Waals surface area contributed by atoms with Crippen molar-refractivity contribution in [3.05, 3.63) is 47.6 Å². The number of allylic oxidation sites excluding steroid dienone is 5. The molecule has 3 fully saturated rings. The molecule has 0 aromatic rings. The first kappa shape index (κ1) is 37.4. The lowest BCUT2D eigenvalue weighted by atomic mass is 9.61. The van der Waals surface area contributed by atoms with Crippen LogP contribution in [0.15, 0.2) is 47.6 Å². The van der Waals surface area contributed by atoms with E-state index in [2.05, 4.69) is 106 Å². The molecule has 0 N–H and O–H groups in total. The van der Waals surface area contributed by atoms with Crippen LogP contribution < -0.4 is 0 Å². The SMILES string of the molecule is C=C1/C(=C\C=C2/CCC[C@]3(C)[C@@H]([C@H](C)/C=C\C(=O)C(C)C)CC[C@@H]23)C[C@@H](O[Si](C)(C)C(C)(C)C)C[C@@H]1O[Si](C)(C)C(C)(C)C. The van der Waals surface area contributed by atoms with Gasteiger partial charge in [-0.2, -0.15) is 0 Å². The maximum absolute atomic E-state index is 12.3. The van der Waals surface area contributed by atoms with Crippen molar-refractivity contribution in [1.82, 2.24) is 0 Å². The van der Waals surface area contributed by atoms with E-state index in [0.717, 1.165) is 12.8 Å². The fourth-order valence-electron chi connectivity index (χ4n) is 7.48. The molecular weight excluding hydrogens is 573 g/mol. The molecule has 0 heterocycles. The molecule has 0 aliphatic heterocycles. The summed E-state index contributed by atoms with van der Waals surface area (Å²) in [4.78, 5) is 12.3. The maximum atomic E-state index is 12.3.